The molecule has 0 atom stereocenters. The van der Waals surface area contributed by atoms with E-state index < -0.39 is 0 Å². The molecule has 0 saturated carbocycles. The van der Waals surface area contributed by atoms with Gasteiger partial charge < -0.3 is 4.74 Å². The zero-order valence-electron chi connectivity index (χ0n) is 7.52. The summed E-state index contributed by atoms with van der Waals surface area (Å²) in [7, 11) is 0. The Morgan fingerprint density at radius 1 is 1.45 bits per heavy atom. The largest absolute Gasteiger partial charge is 0.481 e. The second kappa shape index (κ2) is 7.86. The highest BCUT2D eigenvalue weighted by Crippen LogP contribution is 2.04. The summed E-state index contributed by atoms with van der Waals surface area (Å²) in [5, 5.41) is 7.26. The Bertz CT molecular complexity index is 104. The molecule has 0 fully saturated rings. The monoisotopic (exact) mass is 179 g/mol. The minimum Gasteiger partial charge on any atom is -0.481 e. The maximum Gasteiger partial charge on any atom is 0.180 e. The third kappa shape index (κ3) is 9.76. The molecule has 0 amide bonds. The molecule has 0 spiro atoms. The van der Waals surface area contributed by atoms with E-state index in [9.17, 15) is 0 Å². The lowest BCUT2D eigenvalue weighted by Gasteiger charge is -2.05. The van der Waals surface area contributed by atoms with Gasteiger partial charge in [-0.3, -0.25) is 5.41 Å². The van der Waals surface area contributed by atoms with Crippen LogP contribution in [0, 0.1) is 11.3 Å². The quantitative estimate of drug-likeness (QED) is 0.523. The normalized spacial score (nSPS) is 9.09. The van der Waals surface area contributed by atoms with Crippen LogP contribution in [0.5, 0.6) is 0 Å². The highest BCUT2D eigenvalue weighted by Gasteiger charge is 1.98. The first-order valence-electron chi connectivity index (χ1n) is 3.87. The maximum atomic E-state index is 7.26. The van der Waals surface area contributed by atoms with Gasteiger partial charge in [0.25, 0.3) is 0 Å². The summed E-state index contributed by atoms with van der Waals surface area (Å²) < 4.78 is 4.98. The van der Waals surface area contributed by atoms with E-state index in [1.807, 2.05) is 6.92 Å². The highest BCUT2D eigenvalue weighted by atomic mass is 35.5. The molecule has 0 aliphatic rings. The molecule has 3 heteroatoms. The Labute approximate surface area is 75.2 Å². The van der Waals surface area contributed by atoms with Crippen molar-refractivity contribution in [3.05, 3.63) is 0 Å². The van der Waals surface area contributed by atoms with Crippen LogP contribution in [-0.2, 0) is 4.74 Å². The molecule has 0 aliphatic carbocycles. The lowest BCUT2D eigenvalue weighted by Crippen LogP contribution is -2.03. The van der Waals surface area contributed by atoms with Gasteiger partial charge in [-0.25, -0.2) is 0 Å². The zero-order chi connectivity index (χ0) is 7.98. The van der Waals surface area contributed by atoms with Crippen molar-refractivity contribution in [3.8, 4) is 0 Å². The van der Waals surface area contributed by atoms with Gasteiger partial charge in [-0.2, -0.15) is 0 Å². The molecule has 0 aliphatic heterocycles. The van der Waals surface area contributed by atoms with Crippen LogP contribution >= 0.6 is 12.4 Å². The minimum atomic E-state index is 0. The van der Waals surface area contributed by atoms with Crippen molar-refractivity contribution in [2.75, 3.05) is 6.61 Å². The Morgan fingerprint density at radius 3 is 2.36 bits per heavy atom. The molecule has 0 saturated heterocycles. The van der Waals surface area contributed by atoms with Crippen molar-refractivity contribution in [2.45, 2.75) is 33.6 Å². The number of hydrogen-bond acceptors (Lipinski definition) is 2. The standard InChI is InChI=1S/C8H17NO.ClH/c1-4-10-8(9)6-5-7(2)3;/h7,9H,4-6H2,1-3H3;1H. The van der Waals surface area contributed by atoms with E-state index in [0.29, 0.717) is 18.4 Å². The molecule has 0 heterocycles. The number of halogens is 1. The predicted octanol–water partition coefficient (Wildman–Crippen LogP) is 2.86. The second-order valence-corrected chi connectivity index (χ2v) is 2.79. The zero-order valence-corrected chi connectivity index (χ0v) is 8.33. The molecule has 0 bridgehead atoms. The van der Waals surface area contributed by atoms with E-state index in [2.05, 4.69) is 13.8 Å². The number of ether oxygens (including phenoxy) is 1. The first kappa shape index (κ1) is 13.4. The van der Waals surface area contributed by atoms with Gasteiger partial charge in [0.2, 0.25) is 0 Å². The third-order valence-corrected chi connectivity index (χ3v) is 1.27. The molecule has 0 aromatic rings. The van der Waals surface area contributed by atoms with Gasteiger partial charge in [-0.05, 0) is 19.3 Å². The maximum absolute atomic E-state index is 7.26. The van der Waals surface area contributed by atoms with Gasteiger partial charge >= 0.3 is 0 Å². The average Bonchev–Trinajstić information content (AvgIpc) is 1.85. The second-order valence-electron chi connectivity index (χ2n) is 2.79. The van der Waals surface area contributed by atoms with E-state index in [1.54, 1.807) is 0 Å². The van der Waals surface area contributed by atoms with Gasteiger partial charge in [-0.15, -0.1) is 12.4 Å². The molecule has 0 aromatic heterocycles. The molecule has 0 rings (SSSR count). The van der Waals surface area contributed by atoms with Crippen molar-refractivity contribution in [2.24, 2.45) is 5.92 Å². The van der Waals surface area contributed by atoms with Crippen LogP contribution < -0.4 is 0 Å². The molecule has 0 aromatic carbocycles. The number of rotatable bonds is 4. The van der Waals surface area contributed by atoms with Crippen LogP contribution in [0.15, 0.2) is 0 Å². The van der Waals surface area contributed by atoms with Crippen molar-refractivity contribution >= 4 is 18.3 Å². The summed E-state index contributed by atoms with van der Waals surface area (Å²) in [5.74, 6) is 1.09. The Balaban J connectivity index is 0. The van der Waals surface area contributed by atoms with Crippen molar-refractivity contribution in [3.63, 3.8) is 0 Å². The Morgan fingerprint density at radius 2 is 2.00 bits per heavy atom. The molecule has 0 unspecified atom stereocenters. The van der Waals surface area contributed by atoms with Crippen LogP contribution in [-0.4, -0.2) is 12.5 Å². The van der Waals surface area contributed by atoms with E-state index in [4.69, 9.17) is 10.1 Å². The van der Waals surface area contributed by atoms with Gasteiger partial charge in [-0.1, -0.05) is 13.8 Å². The van der Waals surface area contributed by atoms with E-state index >= 15 is 0 Å². The smallest absolute Gasteiger partial charge is 0.180 e. The first-order valence-corrected chi connectivity index (χ1v) is 3.87. The lowest BCUT2D eigenvalue weighted by molar-refractivity contribution is 0.310. The fraction of sp³-hybridized carbons (Fsp3) is 0.875. The molecule has 68 valence electrons. The summed E-state index contributed by atoms with van der Waals surface area (Å²) in [6.07, 6.45) is 1.84. The van der Waals surface area contributed by atoms with E-state index in [0.717, 1.165) is 12.8 Å². The van der Waals surface area contributed by atoms with Crippen molar-refractivity contribution in [1.29, 1.82) is 5.41 Å². The summed E-state index contributed by atoms with van der Waals surface area (Å²) in [4.78, 5) is 0. The van der Waals surface area contributed by atoms with Crippen LogP contribution in [0.4, 0.5) is 0 Å². The fourth-order valence-corrected chi connectivity index (χ4v) is 0.666. The molecule has 0 radical (unpaired) electrons. The van der Waals surface area contributed by atoms with Crippen LogP contribution in [0.2, 0.25) is 0 Å². The van der Waals surface area contributed by atoms with Gasteiger partial charge in [0.05, 0.1) is 6.61 Å². The number of nitrogens with one attached hydrogen (secondary N) is 1. The van der Waals surface area contributed by atoms with Gasteiger partial charge in [0, 0.05) is 6.42 Å². The van der Waals surface area contributed by atoms with E-state index in [1.165, 1.54) is 0 Å². The summed E-state index contributed by atoms with van der Waals surface area (Å²) in [5.41, 5.74) is 0. The molecule has 2 nitrogen and oxygen atoms in total. The third-order valence-electron chi connectivity index (χ3n) is 1.27. The van der Waals surface area contributed by atoms with Crippen LogP contribution in [0.3, 0.4) is 0 Å². The Kier molecular flexibility index (Phi) is 9.55. The molecule has 11 heavy (non-hydrogen) atoms. The number of hydrogen-bond donors (Lipinski definition) is 1. The SMILES string of the molecule is CCOC(=N)CCC(C)C.Cl. The van der Waals surface area contributed by atoms with Gasteiger partial charge in [0.1, 0.15) is 0 Å². The minimum absolute atomic E-state index is 0. The summed E-state index contributed by atoms with van der Waals surface area (Å²) >= 11 is 0. The lowest BCUT2D eigenvalue weighted by atomic mass is 10.1. The highest BCUT2D eigenvalue weighted by molar-refractivity contribution is 5.85. The summed E-state index contributed by atoms with van der Waals surface area (Å²) in [6, 6.07) is 0. The summed E-state index contributed by atoms with van der Waals surface area (Å²) in [6.45, 7) is 6.83. The fourth-order valence-electron chi connectivity index (χ4n) is 0.666. The van der Waals surface area contributed by atoms with E-state index in [-0.39, 0.29) is 12.4 Å². The topological polar surface area (TPSA) is 33.1 Å². The van der Waals surface area contributed by atoms with Crippen LogP contribution in [0.25, 0.3) is 0 Å². The predicted molar refractivity (Wildman–Crippen MR) is 50.7 cm³/mol. The van der Waals surface area contributed by atoms with Crippen LogP contribution in [0.1, 0.15) is 33.6 Å². The molecular formula is C8H18ClNO. The average molecular weight is 180 g/mol. The van der Waals surface area contributed by atoms with Gasteiger partial charge in [0.15, 0.2) is 5.90 Å². The first-order chi connectivity index (χ1) is 4.66. The molecule has 1 N–H and O–H groups in total. The van der Waals surface area contributed by atoms with Crippen molar-refractivity contribution < 1.29 is 4.74 Å². The molecular weight excluding hydrogens is 162 g/mol. The Hall–Kier alpha value is -0.240. The van der Waals surface area contributed by atoms with Crippen molar-refractivity contribution in [1.82, 2.24) is 0 Å².